The highest BCUT2D eigenvalue weighted by Gasteiger charge is 2.64. The number of ether oxygens (including phenoxy) is 1. The maximum absolute atomic E-state index is 16.0. The molecule has 56 heavy (non-hydrogen) atoms. The highest BCUT2D eigenvalue weighted by Crippen LogP contribution is 2.49. The molecule has 11 nitrogen and oxygen atoms in total. The molecule has 2 heterocycles. The van der Waals surface area contributed by atoms with Gasteiger partial charge in [0.2, 0.25) is 0 Å². The monoisotopic (exact) mass is 814 g/mol. The fourth-order valence-electron chi connectivity index (χ4n) is 5.48. The number of alkyl halides is 7. The summed E-state index contributed by atoms with van der Waals surface area (Å²) in [5.74, 6) is -3.61. The van der Waals surface area contributed by atoms with Crippen LogP contribution in [0.4, 0.5) is 39.9 Å². The van der Waals surface area contributed by atoms with E-state index in [0.717, 1.165) is 40.3 Å². The second-order valence-electron chi connectivity index (χ2n) is 14.1. The van der Waals surface area contributed by atoms with Crippen molar-refractivity contribution in [3.8, 4) is 16.8 Å². The Morgan fingerprint density at radius 2 is 1.71 bits per heavy atom. The van der Waals surface area contributed by atoms with Gasteiger partial charge in [-0.05, 0) is 66.1 Å². The summed E-state index contributed by atoms with van der Waals surface area (Å²) in [6.45, 7) is 4.84. The molecule has 1 atom stereocenters. The third-order valence-electron chi connectivity index (χ3n) is 8.81. The molecule has 0 aliphatic heterocycles. The second kappa shape index (κ2) is 16.4. The van der Waals surface area contributed by atoms with Gasteiger partial charge in [0.15, 0.2) is 11.8 Å². The Bertz CT molecular complexity index is 2080. The van der Waals surface area contributed by atoms with E-state index in [1.807, 2.05) is 26.1 Å². The number of aromatic nitrogens is 4. The summed E-state index contributed by atoms with van der Waals surface area (Å²) < 4.78 is 117. The van der Waals surface area contributed by atoms with Crippen LogP contribution in [0.5, 0.6) is 0 Å². The van der Waals surface area contributed by atoms with Crippen molar-refractivity contribution in [3.63, 3.8) is 0 Å². The zero-order valence-electron chi connectivity index (χ0n) is 29.9. The maximum atomic E-state index is 16.0. The molecular weight excluding hydrogens is 780 g/mol. The molecule has 1 aliphatic rings. The Kier molecular flexibility index (Phi) is 12.3. The van der Waals surface area contributed by atoms with Crippen LogP contribution in [-0.2, 0) is 4.74 Å². The lowest BCUT2D eigenvalue weighted by Crippen LogP contribution is -2.49. The Morgan fingerprint density at radius 1 is 1.02 bits per heavy atom. The summed E-state index contributed by atoms with van der Waals surface area (Å²) >= 11 is 6.39. The van der Waals surface area contributed by atoms with Crippen LogP contribution in [0.3, 0.4) is 0 Å². The lowest BCUT2D eigenvalue weighted by molar-refractivity contribution is -0.164. The summed E-state index contributed by atoms with van der Waals surface area (Å²) in [4.78, 5) is 39.6. The number of nitrogens with two attached hydrogens (primary N) is 1. The molecule has 0 spiro atoms. The van der Waals surface area contributed by atoms with E-state index < -0.39 is 90.9 Å². The highest BCUT2D eigenvalue weighted by atomic mass is 35.5. The number of guanidine groups is 1. The number of nitrogens with zero attached hydrogens (tertiary/aromatic N) is 6. The molecule has 3 N–H and O–H groups in total. The zero-order chi connectivity index (χ0) is 41.2. The molecule has 1 aliphatic carbocycles. The topological polar surface area (TPSA) is 141 Å². The number of hydrogen-bond donors (Lipinski definition) is 2. The van der Waals surface area contributed by atoms with Gasteiger partial charge in [0.25, 0.3) is 18.8 Å². The molecule has 0 radical (unpaired) electrons. The predicted molar refractivity (Wildman–Crippen MR) is 188 cm³/mol. The van der Waals surface area contributed by atoms with E-state index in [1.165, 1.54) is 30.3 Å². The SMILES string of the molecule is CC(C)(C)CCN=C(N)N(C(=O)c1ccc(-c2ccc(C(F)F)nc2)cc1F)[C@H](COC(=O)NC1(C(F)(F)F)CC1)c1ccc(Cl)c(-n2ncnc2C(F)F)c1. The molecule has 300 valence electrons. The lowest BCUT2D eigenvalue weighted by atomic mass is 9.92. The van der Waals surface area contributed by atoms with Gasteiger partial charge in [-0.25, -0.2) is 36.4 Å². The molecular formula is C36H35ClF8N8O3. The molecule has 1 saturated carbocycles. The number of nitrogens with one attached hydrogen (secondary N) is 1. The number of carbonyl (C=O) groups excluding carboxylic acids is 2. The average molecular weight is 815 g/mol. The standard InChI is InChI=1S/C36H35ClF8N8O3/c1-34(2,3)12-13-47-32(46)52(31(54)22-7-4-19(14-24(22)38)21-6-9-25(28(39)40)48-16-21)27(17-56-33(55)51-35(10-11-35)36(43,44)45)20-5-8-23(37)26(15-20)53-30(29(41)42)49-18-50-53/h4-9,14-16,18,27-29H,10-13,17H2,1-3H3,(H2,46,47)(H,51,55)/t27-/m1/s1. The van der Waals surface area contributed by atoms with Crippen molar-refractivity contribution in [3.05, 3.63) is 94.5 Å². The smallest absolute Gasteiger partial charge is 0.411 e. The van der Waals surface area contributed by atoms with Crippen molar-refractivity contribution in [1.29, 1.82) is 0 Å². The first-order chi connectivity index (χ1) is 26.2. The van der Waals surface area contributed by atoms with Crippen LogP contribution >= 0.6 is 11.6 Å². The minimum Gasteiger partial charge on any atom is -0.447 e. The van der Waals surface area contributed by atoms with E-state index in [1.54, 1.807) is 0 Å². The van der Waals surface area contributed by atoms with Gasteiger partial charge < -0.3 is 15.8 Å². The van der Waals surface area contributed by atoms with Crippen LogP contribution in [-0.4, -0.2) is 67.5 Å². The number of pyridine rings is 1. The molecule has 2 aromatic carbocycles. The summed E-state index contributed by atoms with van der Waals surface area (Å²) in [5, 5.41) is 5.51. The van der Waals surface area contributed by atoms with Crippen molar-refractivity contribution >= 4 is 29.6 Å². The summed E-state index contributed by atoms with van der Waals surface area (Å²) in [7, 11) is 0. The molecule has 2 aromatic heterocycles. The van der Waals surface area contributed by atoms with Crippen LogP contribution in [0.15, 0.2) is 66.0 Å². The van der Waals surface area contributed by atoms with Gasteiger partial charge in [-0.15, -0.1) is 0 Å². The summed E-state index contributed by atoms with van der Waals surface area (Å²) in [5.41, 5.74) is 2.72. The third-order valence-corrected chi connectivity index (χ3v) is 9.13. The first-order valence-corrected chi connectivity index (χ1v) is 17.3. The van der Waals surface area contributed by atoms with Gasteiger partial charge in [0.1, 0.15) is 30.0 Å². The van der Waals surface area contributed by atoms with Crippen molar-refractivity contribution < 1.29 is 49.4 Å². The van der Waals surface area contributed by atoms with Crippen molar-refractivity contribution in [1.82, 2.24) is 30.0 Å². The van der Waals surface area contributed by atoms with E-state index in [2.05, 4.69) is 20.1 Å². The minimum absolute atomic E-state index is 0.0329. The number of carbonyl (C=O) groups is 2. The number of aliphatic imine (C=N–C) groups is 1. The number of rotatable bonds is 12. The molecule has 0 unspecified atom stereocenters. The molecule has 2 amide bonds. The number of hydrogen-bond acceptors (Lipinski definition) is 7. The predicted octanol–water partition coefficient (Wildman–Crippen LogP) is 8.75. The fraction of sp³-hybridized carbons (Fsp3) is 0.389. The van der Waals surface area contributed by atoms with Crippen LogP contribution in [0, 0.1) is 11.2 Å². The first-order valence-electron chi connectivity index (χ1n) is 16.9. The van der Waals surface area contributed by atoms with Gasteiger partial charge in [0.05, 0.1) is 22.3 Å². The maximum Gasteiger partial charge on any atom is 0.411 e. The van der Waals surface area contributed by atoms with Gasteiger partial charge in [-0.2, -0.15) is 18.3 Å². The molecule has 0 saturated heterocycles. The minimum atomic E-state index is -4.80. The fourth-order valence-corrected chi connectivity index (χ4v) is 5.68. The molecule has 0 bridgehead atoms. The number of benzene rings is 2. The normalized spacial score (nSPS) is 14.9. The van der Waals surface area contributed by atoms with Crippen molar-refractivity contribution in [2.24, 2.45) is 16.1 Å². The molecule has 20 heteroatoms. The van der Waals surface area contributed by atoms with Crippen LogP contribution < -0.4 is 11.1 Å². The van der Waals surface area contributed by atoms with E-state index >= 15 is 4.39 Å². The van der Waals surface area contributed by atoms with Crippen LogP contribution in [0.2, 0.25) is 5.02 Å². The van der Waals surface area contributed by atoms with E-state index in [4.69, 9.17) is 22.1 Å². The van der Waals surface area contributed by atoms with E-state index in [9.17, 15) is 40.3 Å². The van der Waals surface area contributed by atoms with E-state index in [0.29, 0.717) is 6.42 Å². The van der Waals surface area contributed by atoms with Crippen LogP contribution in [0.1, 0.15) is 86.4 Å². The largest absolute Gasteiger partial charge is 0.447 e. The number of halogens is 9. The lowest BCUT2D eigenvalue weighted by Gasteiger charge is -2.32. The molecule has 1 fully saturated rings. The second-order valence-corrected chi connectivity index (χ2v) is 14.5. The Labute approximate surface area is 319 Å². The van der Waals surface area contributed by atoms with Gasteiger partial charge >= 0.3 is 12.3 Å². The number of alkyl carbamates (subject to hydrolysis) is 1. The van der Waals surface area contributed by atoms with Crippen molar-refractivity contribution in [2.75, 3.05) is 13.2 Å². The van der Waals surface area contributed by atoms with Crippen LogP contribution in [0.25, 0.3) is 16.8 Å². The van der Waals surface area contributed by atoms with E-state index in [-0.39, 0.29) is 39.4 Å². The van der Waals surface area contributed by atoms with Crippen molar-refractivity contribution in [2.45, 2.75) is 70.6 Å². The van der Waals surface area contributed by atoms with Gasteiger partial charge in [0, 0.05) is 18.3 Å². The summed E-state index contributed by atoms with van der Waals surface area (Å²) in [6.07, 6.45) is -10.7. The zero-order valence-corrected chi connectivity index (χ0v) is 30.7. The Balaban J connectivity index is 1.60. The third kappa shape index (κ3) is 9.54. The Hall–Kier alpha value is -5.33. The average Bonchev–Trinajstić information content (AvgIpc) is 3.75. The molecule has 4 aromatic rings. The summed E-state index contributed by atoms with van der Waals surface area (Å²) in [6, 6.07) is 7.78. The Morgan fingerprint density at radius 3 is 2.29 bits per heavy atom. The number of amides is 2. The first kappa shape index (κ1) is 41.8. The molecule has 5 rings (SSSR count). The highest BCUT2D eigenvalue weighted by molar-refractivity contribution is 6.32. The van der Waals surface area contributed by atoms with Gasteiger partial charge in [-0.1, -0.05) is 50.6 Å². The van der Waals surface area contributed by atoms with Gasteiger partial charge in [-0.3, -0.25) is 19.7 Å². The quantitative estimate of drug-likeness (QED) is 0.0828.